The van der Waals surface area contributed by atoms with Crippen LogP contribution in [-0.2, 0) is 38.0 Å². The summed E-state index contributed by atoms with van der Waals surface area (Å²) >= 11 is 0. The summed E-state index contributed by atoms with van der Waals surface area (Å²) in [6, 6.07) is -2.51. The molecule has 0 aromatic heterocycles. The van der Waals surface area contributed by atoms with Crippen LogP contribution < -0.4 is 16.0 Å². The van der Waals surface area contributed by atoms with Crippen molar-refractivity contribution in [2.45, 2.75) is 116 Å². The number of likely N-dealkylation sites (tertiary alicyclic amines) is 1. The molecule has 2 aliphatic heterocycles. The molecule has 4 amide bonds. The van der Waals surface area contributed by atoms with Crippen LogP contribution in [0, 0.1) is 5.92 Å². The Kier molecular flexibility index (Phi) is 11.1. The molecule has 0 aromatic carbocycles. The molecule has 220 valence electrons. The number of carbonyl (C=O) groups excluding carboxylic acids is 5. The van der Waals surface area contributed by atoms with Gasteiger partial charge in [0.1, 0.15) is 12.1 Å². The van der Waals surface area contributed by atoms with Crippen molar-refractivity contribution in [3.63, 3.8) is 0 Å². The largest absolute Gasteiger partial charge is 0.476 e. The molecule has 0 saturated carbocycles. The van der Waals surface area contributed by atoms with Crippen molar-refractivity contribution in [2.75, 3.05) is 13.7 Å². The summed E-state index contributed by atoms with van der Waals surface area (Å²) in [5, 5.41) is 7.41. The number of ether oxygens (including phenoxy) is 1. The average Bonchev–Trinajstić information content (AvgIpc) is 3.38. The lowest BCUT2D eigenvalue weighted by Crippen LogP contribution is -2.58. The number of esters is 1. The normalized spacial score (nSPS) is 22.6. The van der Waals surface area contributed by atoms with Crippen molar-refractivity contribution in [1.29, 1.82) is 0 Å². The van der Waals surface area contributed by atoms with Gasteiger partial charge in [-0.05, 0) is 66.8 Å². The summed E-state index contributed by atoms with van der Waals surface area (Å²) in [5.74, 6) is -2.80. The van der Waals surface area contributed by atoms with Crippen molar-refractivity contribution >= 4 is 36.7 Å². The number of nitrogens with zero attached hydrogens (tertiary/aromatic N) is 1. The number of carbonyl (C=O) groups is 5. The van der Waals surface area contributed by atoms with Crippen LogP contribution in [0.15, 0.2) is 0 Å². The van der Waals surface area contributed by atoms with Crippen LogP contribution in [-0.4, -0.2) is 90.5 Å². The van der Waals surface area contributed by atoms with Gasteiger partial charge in [0.2, 0.25) is 23.6 Å². The Morgan fingerprint density at radius 2 is 1.49 bits per heavy atom. The van der Waals surface area contributed by atoms with Crippen LogP contribution in [0.4, 0.5) is 0 Å². The van der Waals surface area contributed by atoms with E-state index in [4.69, 9.17) is 9.31 Å². The van der Waals surface area contributed by atoms with E-state index < -0.39 is 66.0 Å². The minimum absolute atomic E-state index is 0.109. The van der Waals surface area contributed by atoms with Gasteiger partial charge in [0, 0.05) is 12.4 Å². The molecule has 4 atom stereocenters. The van der Waals surface area contributed by atoms with Crippen LogP contribution in [0.25, 0.3) is 0 Å². The molecule has 0 aliphatic carbocycles. The van der Waals surface area contributed by atoms with Crippen LogP contribution >= 0.6 is 0 Å². The van der Waals surface area contributed by atoms with Crippen molar-refractivity contribution in [2.24, 2.45) is 5.92 Å². The number of hydrogen-bond donors (Lipinski definition) is 3. The molecule has 13 heteroatoms. The molecule has 2 heterocycles. The first kappa shape index (κ1) is 32.7. The van der Waals surface area contributed by atoms with Gasteiger partial charge < -0.3 is 24.7 Å². The number of hydrogen-bond acceptors (Lipinski definition) is 9. The Morgan fingerprint density at radius 3 is 2.03 bits per heavy atom. The third kappa shape index (κ3) is 8.25. The monoisotopic (exact) mass is 552 g/mol. The highest BCUT2D eigenvalue weighted by molar-refractivity contribution is 6.47. The van der Waals surface area contributed by atoms with E-state index in [-0.39, 0.29) is 24.7 Å². The van der Waals surface area contributed by atoms with E-state index in [0.717, 1.165) is 6.42 Å². The second-order valence-corrected chi connectivity index (χ2v) is 11.7. The van der Waals surface area contributed by atoms with Crippen molar-refractivity contribution in [1.82, 2.24) is 20.9 Å². The molecule has 0 radical (unpaired) electrons. The van der Waals surface area contributed by atoms with Gasteiger partial charge in [-0.25, -0.2) is 0 Å². The fourth-order valence-corrected chi connectivity index (χ4v) is 4.72. The molecule has 2 aliphatic rings. The molecule has 2 rings (SSSR count). The lowest BCUT2D eigenvalue weighted by atomic mass is 9.70. The summed E-state index contributed by atoms with van der Waals surface area (Å²) in [4.78, 5) is 63.7. The van der Waals surface area contributed by atoms with E-state index in [1.807, 2.05) is 27.7 Å². The standard InChI is InChI=1S/C26H45BN4O8/c1-15(2)21(27-38-25(5,6)26(7,8)39-27)31-14-10-11-18(31)24(36)30-23(35)17(4)29-22(34)16(3)28-19(32)12-13-20(33)37-9/h15-18,21H,10-14H2,1-9H3,(H,28,32)(H,29,34)(H,30,35,36)/t16-,17-,18-,21?/m0/s1. The molecule has 2 saturated heterocycles. The maximum Gasteiger partial charge on any atom is 0.476 e. The van der Waals surface area contributed by atoms with E-state index >= 15 is 0 Å². The SMILES string of the molecule is COC(=O)CCC(=O)N[C@@H](C)C(=O)N[C@@H](C)C(=O)NC(=O)[C@@H]1CCCN1C(B1OC(C)(C)C(C)(C)O1)C(C)C. The predicted molar refractivity (Wildman–Crippen MR) is 144 cm³/mol. The molecule has 12 nitrogen and oxygen atoms in total. The molecular formula is C26H45BN4O8. The van der Waals surface area contributed by atoms with Crippen LogP contribution in [0.3, 0.4) is 0 Å². The maximum atomic E-state index is 13.2. The third-order valence-electron chi connectivity index (χ3n) is 7.77. The van der Waals surface area contributed by atoms with Crippen molar-refractivity contribution in [3.8, 4) is 0 Å². The molecule has 0 bridgehead atoms. The lowest BCUT2D eigenvalue weighted by Gasteiger charge is -2.36. The summed E-state index contributed by atoms with van der Waals surface area (Å²) in [6.45, 7) is 15.6. The lowest BCUT2D eigenvalue weighted by molar-refractivity contribution is -0.142. The van der Waals surface area contributed by atoms with Gasteiger partial charge in [-0.15, -0.1) is 0 Å². The Hall–Kier alpha value is -2.51. The second-order valence-electron chi connectivity index (χ2n) is 11.7. The van der Waals surface area contributed by atoms with E-state index in [2.05, 4.69) is 39.4 Å². The highest BCUT2D eigenvalue weighted by atomic mass is 16.7. The van der Waals surface area contributed by atoms with Crippen LogP contribution in [0.5, 0.6) is 0 Å². The summed E-state index contributed by atoms with van der Waals surface area (Å²) in [6.07, 6.45) is 1.13. The zero-order valence-electron chi connectivity index (χ0n) is 24.7. The van der Waals surface area contributed by atoms with Gasteiger partial charge >= 0.3 is 13.1 Å². The van der Waals surface area contributed by atoms with E-state index in [1.54, 1.807) is 0 Å². The smallest absolute Gasteiger partial charge is 0.469 e. The number of methoxy groups -OCH3 is 1. The number of amides is 4. The number of imide groups is 1. The average molecular weight is 552 g/mol. The fraction of sp³-hybridized carbons (Fsp3) is 0.808. The topological polar surface area (TPSA) is 152 Å². The Morgan fingerprint density at radius 1 is 0.923 bits per heavy atom. The fourth-order valence-electron chi connectivity index (χ4n) is 4.72. The molecular weight excluding hydrogens is 507 g/mol. The highest BCUT2D eigenvalue weighted by Crippen LogP contribution is 2.40. The van der Waals surface area contributed by atoms with Crippen molar-refractivity contribution < 1.29 is 38.0 Å². The van der Waals surface area contributed by atoms with Crippen LogP contribution in [0.1, 0.15) is 81.1 Å². The van der Waals surface area contributed by atoms with Gasteiger partial charge in [0.25, 0.3) is 0 Å². The quantitative estimate of drug-likeness (QED) is 0.249. The molecule has 2 fully saturated rings. The summed E-state index contributed by atoms with van der Waals surface area (Å²) in [7, 11) is 0.696. The zero-order chi connectivity index (χ0) is 29.7. The van der Waals surface area contributed by atoms with Gasteiger partial charge in [0.15, 0.2) is 0 Å². The van der Waals surface area contributed by atoms with E-state index in [9.17, 15) is 24.0 Å². The minimum Gasteiger partial charge on any atom is -0.469 e. The zero-order valence-corrected chi connectivity index (χ0v) is 24.7. The van der Waals surface area contributed by atoms with E-state index in [1.165, 1.54) is 21.0 Å². The number of nitrogens with one attached hydrogen (secondary N) is 3. The molecule has 0 spiro atoms. The number of rotatable bonds is 11. The van der Waals surface area contributed by atoms with Gasteiger partial charge in [-0.1, -0.05) is 13.8 Å². The maximum absolute atomic E-state index is 13.2. The summed E-state index contributed by atoms with van der Waals surface area (Å²) in [5.41, 5.74) is -1.02. The van der Waals surface area contributed by atoms with Crippen molar-refractivity contribution in [3.05, 3.63) is 0 Å². The van der Waals surface area contributed by atoms with E-state index in [0.29, 0.717) is 13.0 Å². The first-order valence-electron chi connectivity index (χ1n) is 13.6. The molecule has 0 aromatic rings. The Balaban J connectivity index is 1.96. The Labute approximate surface area is 231 Å². The first-order valence-corrected chi connectivity index (χ1v) is 13.6. The third-order valence-corrected chi connectivity index (χ3v) is 7.77. The summed E-state index contributed by atoms with van der Waals surface area (Å²) < 4.78 is 17.1. The molecule has 3 N–H and O–H groups in total. The highest BCUT2D eigenvalue weighted by Gasteiger charge is 2.56. The minimum atomic E-state index is -1.02. The molecule has 39 heavy (non-hydrogen) atoms. The second kappa shape index (κ2) is 13.2. The van der Waals surface area contributed by atoms with Crippen LogP contribution in [0.2, 0.25) is 0 Å². The van der Waals surface area contributed by atoms with Gasteiger partial charge in [-0.2, -0.15) is 0 Å². The molecule has 1 unspecified atom stereocenters. The Bertz CT molecular complexity index is 925. The first-order chi connectivity index (χ1) is 18.0. The predicted octanol–water partition coefficient (Wildman–Crippen LogP) is 0.712. The van der Waals surface area contributed by atoms with Gasteiger partial charge in [-0.3, -0.25) is 34.2 Å². The van der Waals surface area contributed by atoms with Gasteiger partial charge in [0.05, 0.1) is 30.8 Å².